The van der Waals surface area contributed by atoms with E-state index in [1.807, 2.05) is 0 Å². The van der Waals surface area contributed by atoms with Crippen LogP contribution in [0.2, 0.25) is 5.02 Å². The first-order valence-corrected chi connectivity index (χ1v) is 5.97. The molecule has 2 aromatic rings. The first kappa shape index (κ1) is 13.4. The van der Waals surface area contributed by atoms with Crippen molar-refractivity contribution in [1.29, 1.82) is 0 Å². The maximum absolute atomic E-state index is 10.9. The van der Waals surface area contributed by atoms with Gasteiger partial charge in [0.2, 0.25) is 0 Å². The Bertz CT molecular complexity index is 677. The quantitative estimate of drug-likeness (QED) is 0.887. The summed E-state index contributed by atoms with van der Waals surface area (Å²) in [5, 5.41) is 23.3. The largest absolute Gasteiger partial charge is 0.507 e. The minimum atomic E-state index is -1.10. The van der Waals surface area contributed by atoms with E-state index >= 15 is 0 Å². The average Bonchev–Trinajstić information content (AvgIpc) is 2.69. The Kier molecular flexibility index (Phi) is 3.24. The van der Waals surface area contributed by atoms with Crippen LogP contribution >= 0.6 is 11.6 Å². The van der Waals surface area contributed by atoms with Gasteiger partial charge in [0.25, 0.3) is 0 Å². The number of nitrogens with zero attached hydrogens (tertiary/aromatic N) is 2. The summed E-state index contributed by atoms with van der Waals surface area (Å²) in [6, 6.07) is 3.08. The number of aryl methyl sites for hydroxylation is 2. The number of aromatic hydroxyl groups is 1. The fourth-order valence-electron chi connectivity index (χ4n) is 2.04. The van der Waals surface area contributed by atoms with Crippen LogP contribution in [0.3, 0.4) is 0 Å². The molecule has 0 bridgehead atoms. The number of carboxylic acids is 1. The SMILES string of the molecule is Cc1cc(Cl)c(-c2cc(C(=O)O)nn2C)c(C)c1O. The number of carbonyl (C=O) groups is 1. The number of carboxylic acid groups (broad SMARTS) is 1. The summed E-state index contributed by atoms with van der Waals surface area (Å²) < 4.78 is 1.44. The van der Waals surface area contributed by atoms with Crippen molar-refractivity contribution in [2.45, 2.75) is 13.8 Å². The molecule has 100 valence electrons. The number of rotatable bonds is 2. The topological polar surface area (TPSA) is 75.3 Å². The van der Waals surface area contributed by atoms with Crippen molar-refractivity contribution in [3.05, 3.63) is 34.0 Å². The highest BCUT2D eigenvalue weighted by Crippen LogP contribution is 2.38. The van der Waals surface area contributed by atoms with E-state index in [4.69, 9.17) is 16.7 Å². The second-order valence-electron chi connectivity index (χ2n) is 4.37. The Balaban J connectivity index is 2.72. The number of phenols is 1. The lowest BCUT2D eigenvalue weighted by atomic mass is 10.0. The van der Waals surface area contributed by atoms with Gasteiger partial charge in [-0.2, -0.15) is 5.10 Å². The van der Waals surface area contributed by atoms with Gasteiger partial charge in [-0.3, -0.25) is 4.68 Å². The van der Waals surface area contributed by atoms with Crippen LogP contribution in [0.4, 0.5) is 0 Å². The molecule has 0 aliphatic carbocycles. The number of benzene rings is 1. The molecule has 0 atom stereocenters. The zero-order valence-electron chi connectivity index (χ0n) is 10.7. The first-order chi connectivity index (χ1) is 8.82. The highest BCUT2D eigenvalue weighted by atomic mass is 35.5. The second-order valence-corrected chi connectivity index (χ2v) is 4.77. The summed E-state index contributed by atoms with van der Waals surface area (Å²) >= 11 is 6.20. The molecule has 0 unspecified atom stereocenters. The number of halogens is 1. The summed E-state index contributed by atoms with van der Waals surface area (Å²) in [6.07, 6.45) is 0. The van der Waals surface area contributed by atoms with Crippen molar-refractivity contribution in [1.82, 2.24) is 9.78 Å². The molecule has 0 aliphatic rings. The van der Waals surface area contributed by atoms with Crippen molar-refractivity contribution in [2.24, 2.45) is 7.05 Å². The van der Waals surface area contributed by atoms with Gasteiger partial charge < -0.3 is 10.2 Å². The van der Waals surface area contributed by atoms with Crippen molar-refractivity contribution >= 4 is 17.6 Å². The molecule has 1 aromatic heterocycles. The molecule has 0 saturated carbocycles. The van der Waals surface area contributed by atoms with E-state index in [-0.39, 0.29) is 11.4 Å². The standard InChI is InChI=1S/C13H13ClN2O3/c1-6-4-8(14)11(7(2)12(6)17)10-5-9(13(18)19)15-16(10)3/h4-5,17H,1-3H3,(H,18,19). The lowest BCUT2D eigenvalue weighted by Gasteiger charge is -2.12. The Hall–Kier alpha value is -2.01. The Morgan fingerprint density at radius 2 is 2.00 bits per heavy atom. The fourth-order valence-corrected chi connectivity index (χ4v) is 2.45. The van der Waals surface area contributed by atoms with Crippen LogP contribution in [-0.2, 0) is 7.05 Å². The number of phenolic OH excluding ortho intramolecular Hbond substituents is 1. The number of hydrogen-bond donors (Lipinski definition) is 2. The molecule has 2 N–H and O–H groups in total. The van der Waals surface area contributed by atoms with E-state index in [1.54, 1.807) is 27.0 Å². The Labute approximate surface area is 115 Å². The number of aromatic carboxylic acids is 1. The van der Waals surface area contributed by atoms with Crippen LogP contribution in [0.5, 0.6) is 5.75 Å². The van der Waals surface area contributed by atoms with Crippen molar-refractivity contribution in [2.75, 3.05) is 0 Å². The van der Waals surface area contributed by atoms with E-state index < -0.39 is 5.97 Å². The number of hydrogen-bond acceptors (Lipinski definition) is 3. The average molecular weight is 281 g/mol. The lowest BCUT2D eigenvalue weighted by Crippen LogP contribution is -2.00. The Morgan fingerprint density at radius 1 is 1.37 bits per heavy atom. The predicted octanol–water partition coefficient (Wildman–Crippen LogP) is 2.76. The van der Waals surface area contributed by atoms with Crippen molar-refractivity contribution in [3.63, 3.8) is 0 Å². The van der Waals surface area contributed by atoms with E-state index in [0.717, 1.165) is 0 Å². The summed E-state index contributed by atoms with van der Waals surface area (Å²) in [6.45, 7) is 3.49. The third-order valence-electron chi connectivity index (χ3n) is 3.04. The maximum atomic E-state index is 10.9. The molecule has 5 nitrogen and oxygen atoms in total. The van der Waals surface area contributed by atoms with Crippen LogP contribution < -0.4 is 0 Å². The van der Waals surface area contributed by atoms with Gasteiger partial charge >= 0.3 is 5.97 Å². The van der Waals surface area contributed by atoms with E-state index in [2.05, 4.69) is 5.10 Å². The van der Waals surface area contributed by atoms with Crippen LogP contribution in [0.1, 0.15) is 21.6 Å². The minimum Gasteiger partial charge on any atom is -0.507 e. The van der Waals surface area contributed by atoms with Gasteiger partial charge in [-0.15, -0.1) is 0 Å². The molecule has 0 spiro atoms. The van der Waals surface area contributed by atoms with Gasteiger partial charge in [-0.1, -0.05) is 11.6 Å². The lowest BCUT2D eigenvalue weighted by molar-refractivity contribution is 0.0689. The Morgan fingerprint density at radius 3 is 2.53 bits per heavy atom. The summed E-state index contributed by atoms with van der Waals surface area (Å²) in [7, 11) is 1.63. The van der Waals surface area contributed by atoms with Gasteiger partial charge in [-0.05, 0) is 31.5 Å². The van der Waals surface area contributed by atoms with Crippen molar-refractivity contribution in [3.8, 4) is 17.0 Å². The molecule has 0 saturated heterocycles. The van der Waals surface area contributed by atoms with Crippen LogP contribution in [0.15, 0.2) is 12.1 Å². The summed E-state index contributed by atoms with van der Waals surface area (Å²) in [5.41, 5.74) is 2.35. The molecule has 6 heteroatoms. The number of aromatic nitrogens is 2. The highest BCUT2D eigenvalue weighted by Gasteiger charge is 2.19. The zero-order chi connectivity index (χ0) is 14.3. The van der Waals surface area contributed by atoms with Crippen molar-refractivity contribution < 1.29 is 15.0 Å². The molecule has 1 aromatic carbocycles. The molecule has 0 amide bonds. The monoisotopic (exact) mass is 280 g/mol. The van der Waals surface area contributed by atoms with Gasteiger partial charge in [0.05, 0.1) is 10.7 Å². The summed E-state index contributed by atoms with van der Waals surface area (Å²) in [5.74, 6) is -0.954. The van der Waals surface area contributed by atoms with Crippen LogP contribution in [-0.4, -0.2) is 26.0 Å². The van der Waals surface area contributed by atoms with Crippen LogP contribution in [0, 0.1) is 13.8 Å². The van der Waals surface area contributed by atoms with Gasteiger partial charge in [0.15, 0.2) is 5.69 Å². The second kappa shape index (κ2) is 4.59. The smallest absolute Gasteiger partial charge is 0.356 e. The maximum Gasteiger partial charge on any atom is 0.356 e. The van der Waals surface area contributed by atoms with E-state index in [9.17, 15) is 9.90 Å². The van der Waals surface area contributed by atoms with Gasteiger partial charge in [0.1, 0.15) is 5.75 Å². The fraction of sp³-hybridized carbons (Fsp3) is 0.231. The molecule has 2 rings (SSSR count). The minimum absolute atomic E-state index is 0.0620. The summed E-state index contributed by atoms with van der Waals surface area (Å²) in [4.78, 5) is 10.9. The molecule has 0 aliphatic heterocycles. The molecular weight excluding hydrogens is 268 g/mol. The highest BCUT2D eigenvalue weighted by molar-refractivity contribution is 6.33. The zero-order valence-corrected chi connectivity index (χ0v) is 11.5. The van der Waals surface area contributed by atoms with Gasteiger partial charge in [-0.25, -0.2) is 4.79 Å². The molecule has 1 heterocycles. The normalized spacial score (nSPS) is 10.7. The molecular formula is C13H13ClN2O3. The van der Waals surface area contributed by atoms with Crippen LogP contribution in [0.25, 0.3) is 11.3 Å². The van der Waals surface area contributed by atoms with Gasteiger partial charge in [0, 0.05) is 18.2 Å². The molecule has 0 fully saturated rings. The predicted molar refractivity (Wildman–Crippen MR) is 71.8 cm³/mol. The molecule has 0 radical (unpaired) electrons. The van der Waals surface area contributed by atoms with E-state index in [0.29, 0.717) is 27.4 Å². The van der Waals surface area contributed by atoms with E-state index in [1.165, 1.54) is 10.7 Å². The third-order valence-corrected chi connectivity index (χ3v) is 3.34. The third kappa shape index (κ3) is 2.17. The first-order valence-electron chi connectivity index (χ1n) is 5.59. The molecule has 19 heavy (non-hydrogen) atoms.